The molecule has 20 heavy (non-hydrogen) atoms. The van der Waals surface area contributed by atoms with E-state index in [-0.39, 0.29) is 5.38 Å². The first-order chi connectivity index (χ1) is 9.62. The van der Waals surface area contributed by atoms with Crippen molar-refractivity contribution in [3.63, 3.8) is 0 Å². The molecule has 4 heteroatoms. The second-order valence-corrected chi connectivity index (χ2v) is 5.78. The highest BCUT2D eigenvalue weighted by molar-refractivity contribution is 6.20. The molecule has 0 amide bonds. The predicted octanol–water partition coefficient (Wildman–Crippen LogP) is 4.96. The van der Waals surface area contributed by atoms with Crippen molar-refractivity contribution in [3.8, 4) is 6.07 Å². The molecule has 3 nitrogen and oxygen atoms in total. The molecule has 0 fully saturated rings. The van der Waals surface area contributed by atoms with E-state index in [1.165, 1.54) is 0 Å². The summed E-state index contributed by atoms with van der Waals surface area (Å²) in [6, 6.07) is 8.22. The van der Waals surface area contributed by atoms with E-state index in [0.29, 0.717) is 11.6 Å². The van der Waals surface area contributed by atoms with Gasteiger partial charge < -0.3 is 4.57 Å². The first-order valence-electron chi connectivity index (χ1n) is 7.18. The van der Waals surface area contributed by atoms with Gasteiger partial charge in [-0.15, -0.1) is 11.6 Å². The molecule has 0 N–H and O–H groups in total. The van der Waals surface area contributed by atoms with E-state index in [0.717, 1.165) is 36.1 Å². The van der Waals surface area contributed by atoms with E-state index >= 15 is 0 Å². The van der Waals surface area contributed by atoms with Crippen molar-refractivity contribution in [2.75, 3.05) is 0 Å². The summed E-state index contributed by atoms with van der Waals surface area (Å²) in [5.74, 6) is 0.900. The zero-order valence-corrected chi connectivity index (χ0v) is 13.0. The van der Waals surface area contributed by atoms with Crippen LogP contribution in [0.4, 0.5) is 0 Å². The minimum atomic E-state index is -0.140. The second-order valence-electron chi connectivity index (χ2n) is 5.12. The summed E-state index contributed by atoms with van der Waals surface area (Å²) in [5.41, 5.74) is 2.60. The zero-order valence-electron chi connectivity index (χ0n) is 12.2. The van der Waals surface area contributed by atoms with Gasteiger partial charge in [0.2, 0.25) is 0 Å². The summed E-state index contributed by atoms with van der Waals surface area (Å²) in [5, 5.41) is 8.96. The molecule has 1 heterocycles. The van der Waals surface area contributed by atoms with Crippen LogP contribution in [0.15, 0.2) is 18.2 Å². The molecule has 0 spiro atoms. The lowest BCUT2D eigenvalue weighted by atomic mass is 10.1. The zero-order chi connectivity index (χ0) is 14.7. The summed E-state index contributed by atoms with van der Waals surface area (Å²) >= 11 is 6.31. The van der Waals surface area contributed by atoms with Crippen LogP contribution in [0.3, 0.4) is 0 Å². The van der Waals surface area contributed by atoms with Crippen molar-refractivity contribution in [2.45, 2.75) is 51.5 Å². The third kappa shape index (κ3) is 2.66. The van der Waals surface area contributed by atoms with E-state index in [1.54, 1.807) is 0 Å². The third-order valence-corrected chi connectivity index (χ3v) is 3.86. The summed E-state index contributed by atoms with van der Waals surface area (Å²) in [7, 11) is 0. The largest absolute Gasteiger partial charge is 0.324 e. The van der Waals surface area contributed by atoms with Crippen molar-refractivity contribution in [2.24, 2.45) is 0 Å². The number of aromatic nitrogens is 2. The molecule has 2 rings (SSSR count). The number of nitrogens with zero attached hydrogens (tertiary/aromatic N) is 3. The number of imidazole rings is 1. The summed E-state index contributed by atoms with van der Waals surface area (Å²) < 4.78 is 2.23. The van der Waals surface area contributed by atoms with E-state index in [2.05, 4.69) is 29.5 Å². The Balaban J connectivity index is 2.69. The van der Waals surface area contributed by atoms with Gasteiger partial charge in [-0.1, -0.05) is 20.3 Å². The average molecular weight is 290 g/mol. The van der Waals surface area contributed by atoms with Gasteiger partial charge in [0.1, 0.15) is 5.82 Å². The quantitative estimate of drug-likeness (QED) is 0.730. The first-order valence-corrected chi connectivity index (χ1v) is 7.62. The summed E-state index contributed by atoms with van der Waals surface area (Å²) in [6.45, 7) is 6.32. The van der Waals surface area contributed by atoms with E-state index in [4.69, 9.17) is 16.9 Å². The Labute approximate surface area is 125 Å². The van der Waals surface area contributed by atoms with Crippen LogP contribution in [0.1, 0.15) is 62.8 Å². The van der Waals surface area contributed by atoms with Crippen molar-refractivity contribution in [1.82, 2.24) is 9.55 Å². The van der Waals surface area contributed by atoms with Gasteiger partial charge in [-0.2, -0.15) is 5.26 Å². The van der Waals surface area contributed by atoms with Crippen LogP contribution < -0.4 is 0 Å². The number of benzene rings is 1. The van der Waals surface area contributed by atoms with Crippen LogP contribution >= 0.6 is 11.6 Å². The number of rotatable bonds is 5. The van der Waals surface area contributed by atoms with Crippen molar-refractivity contribution in [1.29, 1.82) is 5.26 Å². The fraction of sp³-hybridized carbons (Fsp3) is 0.500. The van der Waals surface area contributed by atoms with Gasteiger partial charge in [-0.3, -0.25) is 0 Å². The van der Waals surface area contributed by atoms with Crippen LogP contribution in [0.25, 0.3) is 11.0 Å². The lowest BCUT2D eigenvalue weighted by Gasteiger charge is -2.20. The number of fused-ring (bicyclic) bond motifs is 1. The van der Waals surface area contributed by atoms with Crippen LogP contribution in [0, 0.1) is 11.3 Å². The molecule has 1 aromatic carbocycles. The molecule has 0 radical (unpaired) electrons. The highest BCUT2D eigenvalue weighted by atomic mass is 35.5. The van der Waals surface area contributed by atoms with Crippen molar-refractivity contribution < 1.29 is 0 Å². The van der Waals surface area contributed by atoms with Gasteiger partial charge in [0, 0.05) is 6.04 Å². The highest BCUT2D eigenvalue weighted by Crippen LogP contribution is 2.31. The van der Waals surface area contributed by atoms with E-state index in [1.807, 2.05) is 25.1 Å². The maximum atomic E-state index is 9.10. The van der Waals surface area contributed by atoms with Crippen LogP contribution in [0.2, 0.25) is 0 Å². The second kappa shape index (κ2) is 6.28. The molecule has 0 saturated heterocycles. The SMILES string of the molecule is CCCC(CC)n1c(C(C)Cl)nc2ccc(C#N)cc21. The molecule has 1 aromatic heterocycles. The first kappa shape index (κ1) is 14.9. The Bertz CT molecular complexity index is 637. The molecular weight excluding hydrogens is 270 g/mol. The van der Waals surface area contributed by atoms with Gasteiger partial charge in [-0.25, -0.2) is 4.98 Å². The lowest BCUT2D eigenvalue weighted by Crippen LogP contribution is -2.12. The van der Waals surface area contributed by atoms with Crippen LogP contribution in [0.5, 0.6) is 0 Å². The van der Waals surface area contributed by atoms with Crippen molar-refractivity contribution >= 4 is 22.6 Å². The number of alkyl halides is 1. The Morgan fingerprint density at radius 2 is 2.15 bits per heavy atom. The Morgan fingerprint density at radius 1 is 1.40 bits per heavy atom. The fourth-order valence-electron chi connectivity index (χ4n) is 2.69. The molecule has 0 aliphatic heterocycles. The van der Waals surface area contributed by atoms with E-state index in [9.17, 15) is 0 Å². The molecule has 2 aromatic rings. The lowest BCUT2D eigenvalue weighted by molar-refractivity contribution is 0.444. The average Bonchev–Trinajstić information content (AvgIpc) is 2.83. The van der Waals surface area contributed by atoms with Crippen molar-refractivity contribution in [3.05, 3.63) is 29.6 Å². The van der Waals surface area contributed by atoms with Crippen LogP contribution in [-0.4, -0.2) is 9.55 Å². The Kier molecular flexibility index (Phi) is 4.67. The molecule has 0 aliphatic rings. The van der Waals surface area contributed by atoms with Gasteiger partial charge >= 0.3 is 0 Å². The molecular formula is C16H20ClN3. The van der Waals surface area contributed by atoms with Gasteiger partial charge in [0.25, 0.3) is 0 Å². The maximum Gasteiger partial charge on any atom is 0.127 e. The minimum absolute atomic E-state index is 0.140. The summed E-state index contributed by atoms with van der Waals surface area (Å²) in [6.07, 6.45) is 3.24. The number of hydrogen-bond acceptors (Lipinski definition) is 2. The van der Waals surface area contributed by atoms with Gasteiger partial charge in [-0.05, 0) is 38.0 Å². The molecule has 106 valence electrons. The van der Waals surface area contributed by atoms with E-state index < -0.39 is 0 Å². The fourth-order valence-corrected chi connectivity index (χ4v) is 2.85. The topological polar surface area (TPSA) is 41.6 Å². The Morgan fingerprint density at radius 3 is 2.70 bits per heavy atom. The van der Waals surface area contributed by atoms with Gasteiger partial charge in [0.15, 0.2) is 0 Å². The molecule has 2 unspecified atom stereocenters. The Hall–Kier alpha value is -1.53. The monoisotopic (exact) mass is 289 g/mol. The highest BCUT2D eigenvalue weighted by Gasteiger charge is 2.20. The third-order valence-electron chi connectivity index (χ3n) is 3.66. The molecule has 0 bridgehead atoms. The number of hydrogen-bond donors (Lipinski definition) is 0. The molecule has 2 atom stereocenters. The predicted molar refractivity (Wildman–Crippen MR) is 83.0 cm³/mol. The minimum Gasteiger partial charge on any atom is -0.324 e. The summed E-state index contributed by atoms with van der Waals surface area (Å²) in [4.78, 5) is 4.66. The smallest absolute Gasteiger partial charge is 0.127 e. The number of halogens is 1. The maximum absolute atomic E-state index is 9.10. The van der Waals surface area contributed by atoms with Gasteiger partial charge in [0.05, 0.1) is 28.0 Å². The normalized spacial score (nSPS) is 14.2. The molecule has 0 aliphatic carbocycles. The molecule has 0 saturated carbocycles. The standard InChI is InChI=1S/C16H20ClN3/c1-4-6-13(5-2)20-15-9-12(10-18)7-8-14(15)19-16(20)11(3)17/h7-9,11,13H,4-6H2,1-3H3. The number of nitriles is 1. The van der Waals surface area contributed by atoms with Crippen LogP contribution in [-0.2, 0) is 0 Å².